The molecule has 0 amide bonds. The monoisotopic (exact) mass is 116 g/mol. The van der Waals surface area contributed by atoms with Crippen molar-refractivity contribution in [1.29, 1.82) is 0 Å². The minimum Gasteiger partial charge on any atom is -0.159 e. The van der Waals surface area contributed by atoms with E-state index in [0.717, 1.165) is 11.2 Å². The van der Waals surface area contributed by atoms with Crippen molar-refractivity contribution >= 4 is 11.8 Å². The summed E-state index contributed by atoms with van der Waals surface area (Å²) in [6.45, 7) is 4.56. The molecule has 1 aliphatic carbocycles. The molecule has 0 saturated heterocycles. The normalized spacial score (nSPS) is 38.6. The van der Waals surface area contributed by atoms with Crippen LogP contribution in [0.25, 0.3) is 0 Å². The van der Waals surface area contributed by atoms with Gasteiger partial charge in [0.05, 0.1) is 0 Å². The molecule has 0 N–H and O–H groups in total. The lowest BCUT2D eigenvalue weighted by molar-refractivity contribution is 0.987. The average molecular weight is 116 g/mol. The topological polar surface area (TPSA) is 0 Å². The smallest absolute Gasteiger partial charge is 0.00759 e. The first-order chi connectivity index (χ1) is 3.34. The highest BCUT2D eigenvalue weighted by atomic mass is 32.2. The van der Waals surface area contributed by atoms with Crippen molar-refractivity contribution in [2.75, 3.05) is 5.75 Å². The molecule has 0 radical (unpaired) electrons. The quantitative estimate of drug-likeness (QED) is 0.532. The third kappa shape index (κ3) is 1.37. The maximum Gasteiger partial charge on any atom is 0.00759 e. The van der Waals surface area contributed by atoms with Crippen LogP contribution in [0.15, 0.2) is 0 Å². The lowest BCUT2D eigenvalue weighted by atomic mass is 10.5. The Labute approximate surface area is 49.7 Å². The number of hydrogen-bond acceptors (Lipinski definition) is 1. The van der Waals surface area contributed by atoms with E-state index in [4.69, 9.17) is 0 Å². The third-order valence-corrected chi connectivity index (χ3v) is 2.83. The molecule has 0 aromatic rings. The Morgan fingerprint density at radius 3 is 2.43 bits per heavy atom. The Bertz CT molecular complexity index is 61.2. The zero-order valence-corrected chi connectivity index (χ0v) is 5.79. The van der Waals surface area contributed by atoms with Crippen LogP contribution in [0.4, 0.5) is 0 Å². The van der Waals surface area contributed by atoms with Gasteiger partial charge in [0.15, 0.2) is 0 Å². The van der Waals surface area contributed by atoms with Crippen molar-refractivity contribution in [3.8, 4) is 0 Å². The molecule has 1 aliphatic rings. The first kappa shape index (κ1) is 5.49. The summed E-state index contributed by atoms with van der Waals surface area (Å²) >= 11 is 2.11. The highest BCUT2D eigenvalue weighted by Crippen LogP contribution is 2.40. The molecule has 1 rings (SSSR count). The van der Waals surface area contributed by atoms with Crippen LogP contribution in [0.2, 0.25) is 0 Å². The van der Waals surface area contributed by atoms with Crippen molar-refractivity contribution in [2.45, 2.75) is 25.5 Å². The SMILES string of the molecule is CCSC1CC1C. The van der Waals surface area contributed by atoms with E-state index in [2.05, 4.69) is 25.6 Å². The molecule has 2 unspecified atom stereocenters. The van der Waals surface area contributed by atoms with E-state index in [-0.39, 0.29) is 0 Å². The fourth-order valence-electron chi connectivity index (χ4n) is 0.734. The summed E-state index contributed by atoms with van der Waals surface area (Å²) in [7, 11) is 0. The van der Waals surface area contributed by atoms with E-state index in [9.17, 15) is 0 Å². The van der Waals surface area contributed by atoms with E-state index in [1.807, 2.05) is 0 Å². The Balaban J connectivity index is 1.98. The van der Waals surface area contributed by atoms with E-state index >= 15 is 0 Å². The summed E-state index contributed by atoms with van der Waals surface area (Å²) in [4.78, 5) is 0. The van der Waals surface area contributed by atoms with Crippen molar-refractivity contribution in [2.24, 2.45) is 5.92 Å². The molecule has 1 fully saturated rings. The van der Waals surface area contributed by atoms with Crippen LogP contribution in [0.1, 0.15) is 20.3 Å². The lowest BCUT2D eigenvalue weighted by Crippen LogP contribution is -1.75. The summed E-state index contributed by atoms with van der Waals surface area (Å²) < 4.78 is 0. The highest BCUT2D eigenvalue weighted by Gasteiger charge is 2.31. The molecule has 1 heteroatoms. The molecule has 0 aromatic carbocycles. The second kappa shape index (κ2) is 2.08. The van der Waals surface area contributed by atoms with Gasteiger partial charge in [-0.05, 0) is 18.1 Å². The van der Waals surface area contributed by atoms with Crippen LogP contribution in [0.3, 0.4) is 0 Å². The van der Waals surface area contributed by atoms with E-state index < -0.39 is 0 Å². The summed E-state index contributed by atoms with van der Waals surface area (Å²) in [5.41, 5.74) is 0. The fraction of sp³-hybridized carbons (Fsp3) is 1.00. The maximum atomic E-state index is 2.33. The Hall–Kier alpha value is 0.350. The molecule has 0 bridgehead atoms. The van der Waals surface area contributed by atoms with Gasteiger partial charge in [-0.25, -0.2) is 0 Å². The molecule has 0 spiro atoms. The van der Waals surface area contributed by atoms with Crippen molar-refractivity contribution in [3.05, 3.63) is 0 Å². The average Bonchev–Trinajstić information content (AvgIpc) is 2.22. The molecular weight excluding hydrogens is 104 g/mol. The molecule has 0 nitrogen and oxygen atoms in total. The summed E-state index contributed by atoms with van der Waals surface area (Å²) in [6, 6.07) is 0. The van der Waals surface area contributed by atoms with Gasteiger partial charge in [0, 0.05) is 5.25 Å². The molecular formula is C6H12S. The van der Waals surface area contributed by atoms with Gasteiger partial charge in [-0.2, -0.15) is 11.8 Å². The summed E-state index contributed by atoms with van der Waals surface area (Å²) in [6.07, 6.45) is 1.47. The minimum absolute atomic E-state index is 1.03. The van der Waals surface area contributed by atoms with Gasteiger partial charge >= 0.3 is 0 Å². The Kier molecular flexibility index (Phi) is 1.63. The lowest BCUT2D eigenvalue weighted by Gasteiger charge is -1.87. The molecule has 2 atom stereocenters. The highest BCUT2D eigenvalue weighted by molar-refractivity contribution is 8.00. The third-order valence-electron chi connectivity index (χ3n) is 1.42. The number of thioether (sulfide) groups is 1. The van der Waals surface area contributed by atoms with Gasteiger partial charge in [-0.15, -0.1) is 0 Å². The molecule has 0 aromatic heterocycles. The van der Waals surface area contributed by atoms with E-state index in [1.165, 1.54) is 12.2 Å². The van der Waals surface area contributed by atoms with Gasteiger partial charge in [0.1, 0.15) is 0 Å². The second-order valence-corrected chi connectivity index (χ2v) is 3.72. The van der Waals surface area contributed by atoms with Crippen LogP contribution < -0.4 is 0 Å². The maximum absolute atomic E-state index is 2.33. The summed E-state index contributed by atoms with van der Waals surface area (Å²) in [5.74, 6) is 2.33. The Morgan fingerprint density at radius 1 is 1.71 bits per heavy atom. The predicted molar refractivity (Wildman–Crippen MR) is 35.7 cm³/mol. The molecule has 7 heavy (non-hydrogen) atoms. The first-order valence-electron chi connectivity index (χ1n) is 2.96. The zero-order chi connectivity index (χ0) is 5.28. The van der Waals surface area contributed by atoms with Crippen LogP contribution in [-0.4, -0.2) is 11.0 Å². The largest absolute Gasteiger partial charge is 0.159 e. The van der Waals surface area contributed by atoms with Crippen LogP contribution in [0.5, 0.6) is 0 Å². The van der Waals surface area contributed by atoms with Crippen LogP contribution in [-0.2, 0) is 0 Å². The standard InChI is InChI=1S/C6H12S/c1-3-7-6-4-5(6)2/h5-6H,3-4H2,1-2H3. The fourth-order valence-corrected chi connectivity index (χ4v) is 1.93. The van der Waals surface area contributed by atoms with Crippen molar-refractivity contribution in [1.82, 2.24) is 0 Å². The number of hydrogen-bond donors (Lipinski definition) is 0. The first-order valence-corrected chi connectivity index (χ1v) is 4.01. The van der Waals surface area contributed by atoms with Gasteiger partial charge in [-0.1, -0.05) is 13.8 Å². The van der Waals surface area contributed by atoms with Gasteiger partial charge in [0.25, 0.3) is 0 Å². The van der Waals surface area contributed by atoms with Crippen LogP contribution in [0, 0.1) is 5.92 Å². The van der Waals surface area contributed by atoms with Gasteiger partial charge < -0.3 is 0 Å². The minimum atomic E-state index is 1.03. The van der Waals surface area contributed by atoms with Gasteiger partial charge in [-0.3, -0.25) is 0 Å². The summed E-state index contributed by atoms with van der Waals surface area (Å²) in [5, 5.41) is 1.03. The van der Waals surface area contributed by atoms with Crippen molar-refractivity contribution in [3.63, 3.8) is 0 Å². The zero-order valence-electron chi connectivity index (χ0n) is 4.98. The van der Waals surface area contributed by atoms with Crippen LogP contribution >= 0.6 is 11.8 Å². The van der Waals surface area contributed by atoms with E-state index in [0.29, 0.717) is 0 Å². The molecule has 1 saturated carbocycles. The second-order valence-electron chi connectivity index (χ2n) is 2.21. The van der Waals surface area contributed by atoms with Gasteiger partial charge in [0.2, 0.25) is 0 Å². The van der Waals surface area contributed by atoms with Crippen molar-refractivity contribution < 1.29 is 0 Å². The Morgan fingerprint density at radius 2 is 2.29 bits per heavy atom. The predicted octanol–water partition coefficient (Wildman–Crippen LogP) is 2.15. The number of rotatable bonds is 2. The van der Waals surface area contributed by atoms with E-state index in [1.54, 1.807) is 0 Å². The molecule has 0 aliphatic heterocycles. The molecule has 0 heterocycles. The molecule has 42 valence electrons.